The SMILES string of the molecule is O=C1C2CC2C(=O)N1Cc1cc2nccc(-c3cc(Cl)cc4c3N([C@@H]3CNC5(CCC5)C3)CCC4)c2s1. The van der Waals surface area contributed by atoms with Gasteiger partial charge in [-0.3, -0.25) is 19.5 Å². The number of pyridine rings is 1. The molecule has 2 saturated heterocycles. The lowest BCUT2D eigenvalue weighted by atomic mass is 9.75. The molecule has 4 fully saturated rings. The van der Waals surface area contributed by atoms with Crippen LogP contribution in [-0.4, -0.2) is 46.4 Å². The van der Waals surface area contributed by atoms with E-state index in [9.17, 15) is 9.59 Å². The van der Waals surface area contributed by atoms with Crippen LogP contribution in [0.25, 0.3) is 21.3 Å². The van der Waals surface area contributed by atoms with Crippen molar-refractivity contribution in [3.8, 4) is 11.1 Å². The predicted molar refractivity (Wildman–Crippen MR) is 146 cm³/mol. The largest absolute Gasteiger partial charge is 0.366 e. The number of rotatable bonds is 4. The number of piperidine rings is 1. The lowest BCUT2D eigenvalue weighted by Gasteiger charge is -2.41. The van der Waals surface area contributed by atoms with Crippen molar-refractivity contribution in [2.75, 3.05) is 18.0 Å². The van der Waals surface area contributed by atoms with Gasteiger partial charge in [-0.1, -0.05) is 11.6 Å². The highest BCUT2D eigenvalue weighted by Crippen LogP contribution is 2.49. The first-order valence-electron chi connectivity index (χ1n) is 13.6. The zero-order valence-corrected chi connectivity index (χ0v) is 22.2. The van der Waals surface area contributed by atoms with E-state index < -0.39 is 0 Å². The first-order valence-corrected chi connectivity index (χ1v) is 14.8. The molecule has 0 bridgehead atoms. The number of imide groups is 1. The summed E-state index contributed by atoms with van der Waals surface area (Å²) >= 11 is 8.36. The molecule has 37 heavy (non-hydrogen) atoms. The Labute approximate surface area is 225 Å². The summed E-state index contributed by atoms with van der Waals surface area (Å²) in [4.78, 5) is 34.9. The molecule has 3 atom stereocenters. The molecule has 3 aromatic rings. The van der Waals surface area contributed by atoms with Crippen LogP contribution in [0.3, 0.4) is 0 Å². The average molecular weight is 533 g/mol. The van der Waals surface area contributed by atoms with Crippen LogP contribution >= 0.6 is 22.9 Å². The van der Waals surface area contributed by atoms with Crippen LogP contribution in [0.4, 0.5) is 5.69 Å². The van der Waals surface area contributed by atoms with Crippen LogP contribution in [0.15, 0.2) is 30.5 Å². The number of benzene rings is 1. The van der Waals surface area contributed by atoms with Crippen LogP contribution < -0.4 is 10.2 Å². The molecule has 2 saturated carbocycles. The van der Waals surface area contributed by atoms with Crippen molar-refractivity contribution in [3.05, 3.63) is 45.9 Å². The summed E-state index contributed by atoms with van der Waals surface area (Å²) in [6.45, 7) is 2.45. The van der Waals surface area contributed by atoms with E-state index in [0.717, 1.165) is 58.0 Å². The fourth-order valence-corrected chi connectivity index (χ4v) is 8.65. The van der Waals surface area contributed by atoms with Gasteiger partial charge in [0.2, 0.25) is 11.8 Å². The first kappa shape index (κ1) is 22.5. The van der Waals surface area contributed by atoms with Gasteiger partial charge in [-0.15, -0.1) is 11.3 Å². The lowest BCUT2D eigenvalue weighted by molar-refractivity contribution is -0.141. The number of hydrogen-bond acceptors (Lipinski definition) is 6. The maximum atomic E-state index is 12.6. The molecular weight excluding hydrogens is 504 g/mol. The second-order valence-electron chi connectivity index (χ2n) is 11.6. The monoisotopic (exact) mass is 532 g/mol. The first-order chi connectivity index (χ1) is 18.0. The minimum Gasteiger partial charge on any atom is -0.366 e. The Hall–Kier alpha value is -2.48. The number of carbonyl (C=O) groups is 2. The van der Waals surface area contributed by atoms with Gasteiger partial charge in [0, 0.05) is 57.6 Å². The van der Waals surface area contributed by atoms with E-state index in [0.29, 0.717) is 18.1 Å². The smallest absolute Gasteiger partial charge is 0.233 e. The Bertz CT molecular complexity index is 1460. The summed E-state index contributed by atoms with van der Waals surface area (Å²) in [7, 11) is 0. The van der Waals surface area contributed by atoms with E-state index in [1.165, 1.54) is 47.4 Å². The maximum Gasteiger partial charge on any atom is 0.233 e. The summed E-state index contributed by atoms with van der Waals surface area (Å²) in [6.07, 6.45) is 9.93. The molecule has 5 heterocycles. The van der Waals surface area contributed by atoms with Gasteiger partial charge in [-0.25, -0.2) is 0 Å². The number of amides is 2. The van der Waals surface area contributed by atoms with Crippen LogP contribution in [-0.2, 0) is 22.6 Å². The number of carbonyl (C=O) groups excluding carboxylic acids is 2. The van der Waals surface area contributed by atoms with Crippen molar-refractivity contribution in [1.29, 1.82) is 0 Å². The van der Waals surface area contributed by atoms with Gasteiger partial charge in [-0.05, 0) is 74.8 Å². The molecule has 190 valence electrons. The van der Waals surface area contributed by atoms with Crippen molar-refractivity contribution in [2.24, 2.45) is 11.8 Å². The number of thiophene rings is 1. The molecule has 1 N–H and O–H groups in total. The molecule has 2 aliphatic carbocycles. The summed E-state index contributed by atoms with van der Waals surface area (Å²) in [5.41, 5.74) is 6.23. The topological polar surface area (TPSA) is 65.5 Å². The van der Waals surface area contributed by atoms with E-state index in [2.05, 4.69) is 33.4 Å². The number of fused-ring (bicyclic) bond motifs is 3. The molecular formula is C29H29ClN4O2S. The molecule has 2 amide bonds. The summed E-state index contributed by atoms with van der Waals surface area (Å²) < 4.78 is 1.09. The van der Waals surface area contributed by atoms with Crippen LogP contribution in [0.2, 0.25) is 5.02 Å². The van der Waals surface area contributed by atoms with E-state index in [4.69, 9.17) is 11.6 Å². The number of aromatic nitrogens is 1. The molecule has 0 radical (unpaired) electrons. The molecule has 2 aromatic heterocycles. The number of likely N-dealkylation sites (tertiary alicyclic amines) is 1. The van der Waals surface area contributed by atoms with Crippen molar-refractivity contribution in [1.82, 2.24) is 15.2 Å². The molecule has 1 aromatic carbocycles. The highest BCUT2D eigenvalue weighted by Gasteiger charge is 2.58. The summed E-state index contributed by atoms with van der Waals surface area (Å²) in [6, 6.07) is 8.92. The second kappa shape index (κ2) is 8.01. The average Bonchev–Trinajstić information content (AvgIpc) is 3.24. The van der Waals surface area contributed by atoms with E-state index in [1.807, 2.05) is 12.3 Å². The van der Waals surface area contributed by atoms with E-state index >= 15 is 0 Å². The van der Waals surface area contributed by atoms with Crippen LogP contribution in [0.1, 0.15) is 49.0 Å². The number of aryl methyl sites for hydroxylation is 1. The number of halogens is 1. The van der Waals surface area contributed by atoms with Crippen molar-refractivity contribution in [3.63, 3.8) is 0 Å². The van der Waals surface area contributed by atoms with Gasteiger partial charge in [0.25, 0.3) is 0 Å². The van der Waals surface area contributed by atoms with Gasteiger partial charge in [0.1, 0.15) is 0 Å². The van der Waals surface area contributed by atoms with Crippen molar-refractivity contribution >= 4 is 50.7 Å². The lowest BCUT2D eigenvalue weighted by Crippen LogP contribution is -2.46. The third kappa shape index (κ3) is 3.43. The van der Waals surface area contributed by atoms with Crippen LogP contribution in [0.5, 0.6) is 0 Å². The Balaban J connectivity index is 1.19. The molecule has 8 rings (SSSR count). The predicted octanol–water partition coefficient (Wildman–Crippen LogP) is 5.16. The van der Waals surface area contributed by atoms with Gasteiger partial charge < -0.3 is 10.2 Å². The maximum absolute atomic E-state index is 12.6. The van der Waals surface area contributed by atoms with E-state index in [1.54, 1.807) is 11.3 Å². The van der Waals surface area contributed by atoms with Gasteiger partial charge >= 0.3 is 0 Å². The van der Waals surface area contributed by atoms with Gasteiger partial charge in [0.05, 0.1) is 28.6 Å². The highest BCUT2D eigenvalue weighted by atomic mass is 35.5. The fraction of sp³-hybridized carbons (Fsp3) is 0.483. The summed E-state index contributed by atoms with van der Waals surface area (Å²) in [5.74, 6) is -0.142. The second-order valence-corrected chi connectivity index (χ2v) is 13.2. The number of nitrogens with zero attached hydrogens (tertiary/aromatic N) is 3. The number of hydrogen-bond donors (Lipinski definition) is 1. The van der Waals surface area contributed by atoms with Gasteiger partial charge in [-0.2, -0.15) is 0 Å². The van der Waals surface area contributed by atoms with E-state index in [-0.39, 0.29) is 23.7 Å². The molecule has 3 aliphatic heterocycles. The Kier molecular flexibility index (Phi) is 4.87. The molecule has 6 nitrogen and oxygen atoms in total. The molecule has 2 unspecified atom stereocenters. The van der Waals surface area contributed by atoms with Gasteiger partial charge in [0.15, 0.2) is 0 Å². The zero-order valence-electron chi connectivity index (χ0n) is 20.6. The van der Waals surface area contributed by atoms with Crippen molar-refractivity contribution < 1.29 is 9.59 Å². The standard InChI is InChI=1S/C29H29ClN4O2S/c30-17-9-16-3-1-8-33(18-13-29(32-14-18)5-2-6-29)25(16)21(10-17)20-4-7-31-24-11-19(37-26(20)24)15-34-27(35)22-12-23(22)28(34)36/h4,7,9-11,18,22-23,32H,1-3,5-6,8,12-15H2/t18-,22?,23?/m0/s1. The quantitative estimate of drug-likeness (QED) is 0.470. The third-order valence-corrected chi connectivity index (χ3v) is 10.8. The third-order valence-electron chi connectivity index (χ3n) is 9.40. The fourth-order valence-electron chi connectivity index (χ4n) is 7.28. The summed E-state index contributed by atoms with van der Waals surface area (Å²) in [5, 5.41) is 4.63. The number of anilines is 1. The molecule has 5 aliphatic rings. The number of nitrogens with one attached hydrogen (secondary N) is 1. The highest BCUT2D eigenvalue weighted by molar-refractivity contribution is 7.19. The Morgan fingerprint density at radius 1 is 1.11 bits per heavy atom. The molecule has 1 spiro atoms. The van der Waals surface area contributed by atoms with Crippen molar-refractivity contribution in [2.45, 2.75) is 63.1 Å². The normalized spacial score (nSPS) is 27.6. The minimum absolute atomic E-state index is 0.00500. The zero-order chi connectivity index (χ0) is 24.9. The Morgan fingerprint density at radius 3 is 2.70 bits per heavy atom. The minimum atomic E-state index is -0.0660. The Morgan fingerprint density at radius 2 is 1.95 bits per heavy atom. The molecule has 8 heteroatoms. The van der Waals surface area contributed by atoms with Crippen LogP contribution in [0, 0.1) is 11.8 Å².